The Bertz CT molecular complexity index is 275. The summed E-state index contributed by atoms with van der Waals surface area (Å²) in [5.74, 6) is 0. The van der Waals surface area contributed by atoms with E-state index in [0.29, 0.717) is 5.41 Å². The number of benzene rings is 1. The lowest BCUT2D eigenvalue weighted by atomic mass is 9.97. The minimum Gasteiger partial charge on any atom is -0.381 e. The van der Waals surface area contributed by atoms with E-state index in [0.717, 1.165) is 19.6 Å². The van der Waals surface area contributed by atoms with Crippen LogP contribution in [0, 0.1) is 6.07 Å². The highest BCUT2D eigenvalue weighted by Crippen LogP contribution is 2.48. The molecule has 1 aliphatic carbocycles. The van der Waals surface area contributed by atoms with Gasteiger partial charge in [0.2, 0.25) is 0 Å². The van der Waals surface area contributed by atoms with E-state index in [-0.39, 0.29) is 0 Å². The maximum atomic E-state index is 5.65. The Morgan fingerprint density at radius 1 is 1.36 bits per heavy atom. The lowest BCUT2D eigenvalue weighted by Gasteiger charge is -2.15. The second kappa shape index (κ2) is 4.14. The number of rotatable bonds is 5. The van der Waals surface area contributed by atoms with Crippen molar-refractivity contribution in [3.8, 4) is 0 Å². The van der Waals surface area contributed by atoms with Crippen molar-refractivity contribution in [2.45, 2.75) is 31.6 Å². The predicted molar refractivity (Wildman–Crippen MR) is 57.3 cm³/mol. The quantitative estimate of drug-likeness (QED) is 0.647. The average molecular weight is 189 g/mol. The van der Waals surface area contributed by atoms with Crippen molar-refractivity contribution >= 4 is 0 Å². The fourth-order valence-corrected chi connectivity index (χ4v) is 1.82. The fraction of sp³-hybridized carbons (Fsp3) is 0.538. The molecule has 1 saturated carbocycles. The van der Waals surface area contributed by atoms with Crippen molar-refractivity contribution in [3.05, 3.63) is 35.9 Å². The molecule has 0 unspecified atom stereocenters. The van der Waals surface area contributed by atoms with Crippen LogP contribution in [0.1, 0.15) is 31.7 Å². The third-order valence-electron chi connectivity index (χ3n) is 2.91. The van der Waals surface area contributed by atoms with Gasteiger partial charge in [0.25, 0.3) is 0 Å². The molecule has 0 spiro atoms. The van der Waals surface area contributed by atoms with Gasteiger partial charge in [-0.25, -0.2) is 0 Å². The van der Waals surface area contributed by atoms with E-state index in [4.69, 9.17) is 4.74 Å². The number of hydrogen-bond acceptors (Lipinski definition) is 1. The smallest absolute Gasteiger partial charge is 0.0562 e. The summed E-state index contributed by atoms with van der Waals surface area (Å²) >= 11 is 0. The maximum absolute atomic E-state index is 5.65. The fourth-order valence-electron chi connectivity index (χ4n) is 1.82. The van der Waals surface area contributed by atoms with Crippen LogP contribution in [0.15, 0.2) is 24.3 Å². The van der Waals surface area contributed by atoms with Crippen LogP contribution in [-0.4, -0.2) is 13.2 Å². The van der Waals surface area contributed by atoms with Gasteiger partial charge >= 0.3 is 0 Å². The Labute approximate surface area is 86.1 Å². The van der Waals surface area contributed by atoms with Crippen LogP contribution in [0.3, 0.4) is 0 Å². The Morgan fingerprint density at radius 3 is 2.64 bits per heavy atom. The molecule has 1 aromatic rings. The van der Waals surface area contributed by atoms with Gasteiger partial charge in [-0.1, -0.05) is 31.2 Å². The molecule has 14 heavy (non-hydrogen) atoms. The van der Waals surface area contributed by atoms with Crippen molar-refractivity contribution in [2.75, 3.05) is 13.2 Å². The summed E-state index contributed by atoms with van der Waals surface area (Å²) in [6, 6.07) is 11.4. The molecule has 75 valence electrons. The highest BCUT2D eigenvalue weighted by Gasteiger charge is 2.44. The summed E-state index contributed by atoms with van der Waals surface area (Å²) < 4.78 is 5.65. The van der Waals surface area contributed by atoms with Crippen molar-refractivity contribution < 1.29 is 4.74 Å². The van der Waals surface area contributed by atoms with E-state index in [1.54, 1.807) is 0 Å². The molecule has 0 N–H and O–H groups in total. The van der Waals surface area contributed by atoms with Gasteiger partial charge in [-0.2, -0.15) is 0 Å². The van der Waals surface area contributed by atoms with Crippen LogP contribution in [0.4, 0.5) is 0 Å². The Morgan fingerprint density at radius 2 is 2.07 bits per heavy atom. The van der Waals surface area contributed by atoms with E-state index < -0.39 is 0 Å². The van der Waals surface area contributed by atoms with Gasteiger partial charge in [0, 0.05) is 12.0 Å². The van der Waals surface area contributed by atoms with Crippen LogP contribution in [0.25, 0.3) is 0 Å². The van der Waals surface area contributed by atoms with E-state index in [1.165, 1.54) is 18.4 Å². The minimum atomic E-state index is 0.351. The van der Waals surface area contributed by atoms with Crippen molar-refractivity contribution in [3.63, 3.8) is 0 Å². The third kappa shape index (κ3) is 1.98. The van der Waals surface area contributed by atoms with E-state index in [1.807, 2.05) is 12.1 Å². The summed E-state index contributed by atoms with van der Waals surface area (Å²) in [5.41, 5.74) is 1.77. The van der Waals surface area contributed by atoms with Gasteiger partial charge in [0.05, 0.1) is 6.61 Å². The third-order valence-corrected chi connectivity index (χ3v) is 2.91. The summed E-state index contributed by atoms with van der Waals surface area (Å²) in [7, 11) is 0. The molecule has 1 nitrogen and oxygen atoms in total. The standard InChI is InChI=1S/C13H17O/c1-2-10-14-11-13(8-9-13)12-6-4-3-5-7-12/h4-7H,2,8-11H2,1H3. The first-order valence-electron chi connectivity index (χ1n) is 5.42. The average Bonchev–Trinajstić information content (AvgIpc) is 3.01. The predicted octanol–water partition coefficient (Wildman–Crippen LogP) is 2.94. The molecule has 0 bridgehead atoms. The second-order valence-electron chi connectivity index (χ2n) is 4.12. The maximum Gasteiger partial charge on any atom is 0.0562 e. The van der Waals surface area contributed by atoms with Gasteiger partial charge < -0.3 is 4.74 Å². The molecule has 1 heteroatoms. The van der Waals surface area contributed by atoms with Crippen LogP contribution in [0.5, 0.6) is 0 Å². The van der Waals surface area contributed by atoms with Crippen LogP contribution < -0.4 is 0 Å². The molecule has 0 atom stereocenters. The minimum absolute atomic E-state index is 0.351. The van der Waals surface area contributed by atoms with Gasteiger partial charge in [0.15, 0.2) is 0 Å². The lowest BCUT2D eigenvalue weighted by Crippen LogP contribution is -2.15. The summed E-state index contributed by atoms with van der Waals surface area (Å²) in [6.07, 6.45) is 3.67. The second-order valence-corrected chi connectivity index (χ2v) is 4.12. The Hall–Kier alpha value is -0.820. The monoisotopic (exact) mass is 189 g/mol. The Balaban J connectivity index is 1.96. The normalized spacial score (nSPS) is 18.1. The summed E-state index contributed by atoms with van der Waals surface area (Å²) in [6.45, 7) is 3.93. The molecule has 0 saturated heterocycles. The molecule has 1 fully saturated rings. The van der Waals surface area contributed by atoms with Gasteiger partial charge in [0.1, 0.15) is 0 Å². The topological polar surface area (TPSA) is 9.23 Å². The zero-order valence-electron chi connectivity index (χ0n) is 8.75. The molecule has 1 aliphatic rings. The van der Waals surface area contributed by atoms with Crippen LogP contribution in [-0.2, 0) is 10.2 Å². The molecule has 0 amide bonds. The Kier molecular flexibility index (Phi) is 2.87. The molecule has 1 radical (unpaired) electrons. The van der Waals surface area contributed by atoms with E-state index in [9.17, 15) is 0 Å². The van der Waals surface area contributed by atoms with Crippen LogP contribution >= 0.6 is 0 Å². The summed E-state index contributed by atoms with van der Waals surface area (Å²) in [4.78, 5) is 0. The molecule has 2 rings (SSSR count). The SMILES string of the molecule is CCCOCC1(c2cc[c]cc2)CC1. The highest BCUT2D eigenvalue weighted by atomic mass is 16.5. The first kappa shape index (κ1) is 9.72. The summed E-state index contributed by atoms with van der Waals surface area (Å²) in [5, 5.41) is 0. The van der Waals surface area contributed by atoms with Gasteiger partial charge in [-0.3, -0.25) is 0 Å². The zero-order chi connectivity index (χ0) is 9.86. The molecular weight excluding hydrogens is 172 g/mol. The molecule has 0 heterocycles. The molecule has 0 aromatic heterocycles. The van der Waals surface area contributed by atoms with Crippen LogP contribution in [0.2, 0.25) is 0 Å². The lowest BCUT2D eigenvalue weighted by molar-refractivity contribution is 0.114. The van der Waals surface area contributed by atoms with Crippen molar-refractivity contribution in [1.82, 2.24) is 0 Å². The van der Waals surface area contributed by atoms with Crippen molar-refractivity contribution in [1.29, 1.82) is 0 Å². The molecule has 0 aliphatic heterocycles. The van der Waals surface area contributed by atoms with E-state index in [2.05, 4.69) is 25.1 Å². The first-order valence-corrected chi connectivity index (χ1v) is 5.42. The number of ether oxygens (including phenoxy) is 1. The highest BCUT2D eigenvalue weighted by molar-refractivity contribution is 5.30. The van der Waals surface area contributed by atoms with Gasteiger partial charge in [-0.15, -0.1) is 0 Å². The molecule has 1 aromatic carbocycles. The largest absolute Gasteiger partial charge is 0.381 e. The van der Waals surface area contributed by atoms with Crippen molar-refractivity contribution in [2.24, 2.45) is 0 Å². The van der Waals surface area contributed by atoms with Gasteiger partial charge in [-0.05, 0) is 30.9 Å². The first-order chi connectivity index (χ1) is 6.87. The number of hydrogen-bond donors (Lipinski definition) is 0. The zero-order valence-corrected chi connectivity index (χ0v) is 8.75. The molecular formula is C13H17O. The van der Waals surface area contributed by atoms with E-state index >= 15 is 0 Å².